The Morgan fingerprint density at radius 2 is 1.86 bits per heavy atom. The van der Waals surface area contributed by atoms with E-state index in [1.54, 1.807) is 39.0 Å². The molecule has 3 atom stereocenters. The smallest absolute Gasteiger partial charge is 0.334 e. The Hall–Kier alpha value is -2.66. The minimum Gasteiger partial charge on any atom is -0.465 e. The molecule has 0 spiro atoms. The number of rotatable bonds is 7. The number of hydrogen-bond donors (Lipinski definition) is 0. The zero-order valence-electron chi connectivity index (χ0n) is 16.1. The van der Waals surface area contributed by atoms with Gasteiger partial charge in [0, 0.05) is 16.4 Å². The van der Waals surface area contributed by atoms with Crippen LogP contribution in [-0.4, -0.2) is 37.7 Å². The normalized spacial score (nSPS) is 23.9. The first kappa shape index (κ1) is 21.6. The Labute approximate surface area is 167 Å². The Morgan fingerprint density at radius 3 is 2.39 bits per heavy atom. The first-order chi connectivity index (χ1) is 13.5. The summed E-state index contributed by atoms with van der Waals surface area (Å²) in [4.78, 5) is 39.3. The van der Waals surface area contributed by atoms with E-state index >= 15 is 0 Å². The third kappa shape index (κ3) is 3.80. The van der Waals surface area contributed by atoms with Crippen LogP contribution in [0.25, 0.3) is 0 Å². The summed E-state index contributed by atoms with van der Waals surface area (Å²) in [6, 6.07) is 5.64. The molecule has 0 aromatic carbocycles. The molecule has 0 fully saturated rings. The van der Waals surface area contributed by atoms with Gasteiger partial charge in [-0.2, -0.15) is 5.26 Å². The lowest BCUT2D eigenvalue weighted by atomic mass is 9.60. The van der Waals surface area contributed by atoms with Crippen molar-refractivity contribution in [1.82, 2.24) is 0 Å². The Balaban J connectivity index is 2.72. The molecule has 0 unspecified atom stereocenters. The lowest BCUT2D eigenvalue weighted by Crippen LogP contribution is -2.51. The molecule has 2 rings (SSSR count). The van der Waals surface area contributed by atoms with Gasteiger partial charge in [-0.05, 0) is 38.6 Å². The van der Waals surface area contributed by atoms with Crippen LogP contribution in [0.15, 0.2) is 29.2 Å². The van der Waals surface area contributed by atoms with Gasteiger partial charge in [0.15, 0.2) is 5.41 Å². The number of carbonyl (C=O) groups excluding carboxylic acids is 3. The number of allylic oxidation sites excluding steroid dienone is 1. The van der Waals surface area contributed by atoms with Crippen LogP contribution in [0.5, 0.6) is 0 Å². The summed E-state index contributed by atoms with van der Waals surface area (Å²) in [6.45, 7) is 5.04. The molecule has 0 amide bonds. The van der Waals surface area contributed by atoms with E-state index in [9.17, 15) is 19.6 Å². The van der Waals surface area contributed by atoms with E-state index in [0.29, 0.717) is 0 Å². The van der Waals surface area contributed by atoms with E-state index in [1.807, 2.05) is 11.4 Å². The molecular formula is C20H23NO6S. The van der Waals surface area contributed by atoms with Gasteiger partial charge in [0.05, 0.1) is 25.9 Å². The molecule has 1 aromatic rings. The standard InChI is InChI=1S/C20H23NO6S/c1-4-25-17(22)13-9-10-14(15-8-7-11-28-15)20(12-21,19(24)27-6-3)16(13)18(23)26-5-2/h7-9,11,14,16H,4-6,10H2,1-3H3/t14-,16+,20-/m1/s1. The molecule has 28 heavy (non-hydrogen) atoms. The number of thiophene rings is 1. The molecule has 1 aromatic heterocycles. The molecule has 0 N–H and O–H groups in total. The summed E-state index contributed by atoms with van der Waals surface area (Å²) >= 11 is 1.37. The number of nitriles is 1. The van der Waals surface area contributed by atoms with Crippen molar-refractivity contribution in [3.05, 3.63) is 34.0 Å². The molecule has 0 bridgehead atoms. The van der Waals surface area contributed by atoms with Crippen molar-refractivity contribution in [3.63, 3.8) is 0 Å². The van der Waals surface area contributed by atoms with Gasteiger partial charge in [-0.15, -0.1) is 11.3 Å². The maximum absolute atomic E-state index is 13.1. The third-order valence-corrected chi connectivity index (χ3v) is 5.59. The van der Waals surface area contributed by atoms with Crippen LogP contribution in [0.3, 0.4) is 0 Å². The predicted octanol–water partition coefficient (Wildman–Crippen LogP) is 2.98. The van der Waals surface area contributed by atoms with Gasteiger partial charge in [-0.1, -0.05) is 12.1 Å². The van der Waals surface area contributed by atoms with Crippen molar-refractivity contribution in [2.45, 2.75) is 33.1 Å². The van der Waals surface area contributed by atoms with Gasteiger partial charge in [0.1, 0.15) is 5.92 Å². The molecular weight excluding hydrogens is 382 g/mol. The zero-order valence-corrected chi connectivity index (χ0v) is 16.9. The van der Waals surface area contributed by atoms with E-state index in [1.165, 1.54) is 11.3 Å². The molecule has 0 aliphatic heterocycles. The number of ether oxygens (including phenoxy) is 3. The molecule has 7 nitrogen and oxygen atoms in total. The maximum Gasteiger partial charge on any atom is 0.334 e. The van der Waals surface area contributed by atoms with Gasteiger partial charge in [0.25, 0.3) is 0 Å². The SMILES string of the molecule is CCOC(=O)C1=CC[C@H](c2cccs2)[C@@](C#N)(C(=O)OCC)[C@@H]1C(=O)OCC. The largest absolute Gasteiger partial charge is 0.465 e. The Bertz CT molecular complexity index is 794. The van der Waals surface area contributed by atoms with E-state index < -0.39 is 35.2 Å². The Kier molecular flexibility index (Phi) is 7.35. The summed E-state index contributed by atoms with van der Waals surface area (Å²) in [6.07, 6.45) is 1.79. The second-order valence-corrected chi connectivity index (χ2v) is 7.05. The summed E-state index contributed by atoms with van der Waals surface area (Å²) in [5.41, 5.74) is -1.97. The Morgan fingerprint density at radius 1 is 1.18 bits per heavy atom. The van der Waals surface area contributed by atoms with Crippen LogP contribution in [-0.2, 0) is 28.6 Å². The monoisotopic (exact) mass is 405 g/mol. The second kappa shape index (κ2) is 9.51. The molecule has 1 aliphatic carbocycles. The molecule has 1 aliphatic rings. The second-order valence-electron chi connectivity index (χ2n) is 6.07. The average Bonchev–Trinajstić information content (AvgIpc) is 3.21. The number of carbonyl (C=O) groups is 3. The van der Waals surface area contributed by atoms with Crippen LogP contribution in [0.4, 0.5) is 0 Å². The van der Waals surface area contributed by atoms with Gasteiger partial charge >= 0.3 is 17.9 Å². The number of hydrogen-bond acceptors (Lipinski definition) is 8. The van der Waals surface area contributed by atoms with Crippen molar-refractivity contribution in [1.29, 1.82) is 5.26 Å². The lowest BCUT2D eigenvalue weighted by Gasteiger charge is -2.40. The summed E-state index contributed by atoms with van der Waals surface area (Å²) in [5.74, 6) is -4.49. The topological polar surface area (TPSA) is 103 Å². The molecule has 150 valence electrons. The lowest BCUT2D eigenvalue weighted by molar-refractivity contribution is -0.167. The first-order valence-electron chi connectivity index (χ1n) is 9.13. The zero-order chi connectivity index (χ0) is 20.7. The van der Waals surface area contributed by atoms with Gasteiger partial charge in [0.2, 0.25) is 0 Å². The average molecular weight is 405 g/mol. The highest BCUT2D eigenvalue weighted by atomic mass is 32.1. The van der Waals surface area contributed by atoms with Gasteiger partial charge in [-0.3, -0.25) is 9.59 Å². The van der Waals surface area contributed by atoms with Crippen molar-refractivity contribution in [2.75, 3.05) is 19.8 Å². The first-order valence-corrected chi connectivity index (χ1v) is 10.0. The predicted molar refractivity (Wildman–Crippen MR) is 101 cm³/mol. The molecule has 0 saturated heterocycles. The van der Waals surface area contributed by atoms with Crippen molar-refractivity contribution >= 4 is 29.2 Å². The third-order valence-electron chi connectivity index (χ3n) is 4.61. The van der Waals surface area contributed by atoms with Crippen molar-refractivity contribution in [2.24, 2.45) is 11.3 Å². The number of esters is 3. The maximum atomic E-state index is 13.1. The fourth-order valence-electron chi connectivity index (χ4n) is 3.48. The van der Waals surface area contributed by atoms with Crippen LogP contribution in [0.1, 0.15) is 38.0 Å². The molecule has 0 radical (unpaired) electrons. The van der Waals surface area contributed by atoms with Crippen LogP contribution >= 0.6 is 11.3 Å². The van der Waals surface area contributed by atoms with Crippen LogP contribution in [0, 0.1) is 22.7 Å². The minimum absolute atomic E-state index is 0.0351. The van der Waals surface area contributed by atoms with Gasteiger partial charge < -0.3 is 14.2 Å². The highest BCUT2D eigenvalue weighted by Gasteiger charge is 2.62. The van der Waals surface area contributed by atoms with Gasteiger partial charge in [-0.25, -0.2) is 4.79 Å². The fraction of sp³-hybridized carbons (Fsp3) is 0.500. The molecule has 8 heteroatoms. The van der Waals surface area contributed by atoms with Crippen LogP contribution in [0.2, 0.25) is 0 Å². The highest BCUT2D eigenvalue weighted by molar-refractivity contribution is 7.10. The van der Waals surface area contributed by atoms with E-state index in [2.05, 4.69) is 0 Å². The molecule has 1 heterocycles. The fourth-order valence-corrected chi connectivity index (χ4v) is 4.40. The number of nitrogens with zero attached hydrogens (tertiary/aromatic N) is 1. The van der Waals surface area contributed by atoms with E-state index in [4.69, 9.17) is 14.2 Å². The van der Waals surface area contributed by atoms with Crippen molar-refractivity contribution < 1.29 is 28.6 Å². The summed E-state index contributed by atoms with van der Waals surface area (Å²) < 4.78 is 15.4. The summed E-state index contributed by atoms with van der Waals surface area (Å²) in [5, 5.41) is 12.0. The minimum atomic E-state index is -1.93. The highest BCUT2D eigenvalue weighted by Crippen LogP contribution is 2.53. The van der Waals surface area contributed by atoms with E-state index in [-0.39, 0.29) is 31.8 Å². The van der Waals surface area contributed by atoms with E-state index in [0.717, 1.165) is 4.88 Å². The van der Waals surface area contributed by atoms with Crippen molar-refractivity contribution in [3.8, 4) is 6.07 Å². The summed E-state index contributed by atoms with van der Waals surface area (Å²) in [7, 11) is 0. The van der Waals surface area contributed by atoms with Crippen LogP contribution < -0.4 is 0 Å². The quantitative estimate of drug-likeness (QED) is 0.507. The molecule has 0 saturated carbocycles.